The topological polar surface area (TPSA) is 103 Å². The first kappa shape index (κ1) is 21.4. The fourth-order valence-corrected chi connectivity index (χ4v) is 4.54. The lowest BCUT2D eigenvalue weighted by Crippen LogP contribution is -2.36. The van der Waals surface area contributed by atoms with Crippen LogP contribution in [0.25, 0.3) is 0 Å². The minimum absolute atomic E-state index is 0.0292. The number of hydrogen-bond donors (Lipinski definition) is 1. The lowest BCUT2D eigenvalue weighted by atomic mass is 9.86. The molecule has 2 aromatic heterocycles. The number of anilines is 2. The predicted octanol–water partition coefficient (Wildman–Crippen LogP) is 3.83. The van der Waals surface area contributed by atoms with E-state index in [-0.39, 0.29) is 16.9 Å². The Morgan fingerprint density at radius 3 is 2.65 bits per heavy atom. The zero-order valence-electron chi connectivity index (χ0n) is 17.7. The Labute approximate surface area is 186 Å². The molecule has 1 fully saturated rings. The van der Waals surface area contributed by atoms with E-state index < -0.39 is 0 Å². The monoisotopic (exact) mass is 443 g/mol. The van der Waals surface area contributed by atoms with Crippen LogP contribution in [0.2, 0.25) is 5.15 Å². The van der Waals surface area contributed by atoms with Crippen molar-refractivity contribution in [1.29, 1.82) is 0 Å². The first-order valence-electron chi connectivity index (χ1n) is 10.4. The molecule has 9 heteroatoms. The molecule has 0 unspecified atom stereocenters. The van der Waals surface area contributed by atoms with Gasteiger partial charge in [0, 0.05) is 18.2 Å². The van der Waals surface area contributed by atoms with Crippen molar-refractivity contribution in [3.8, 4) is 11.5 Å². The molecule has 2 N–H and O–H groups in total. The van der Waals surface area contributed by atoms with Crippen LogP contribution in [-0.2, 0) is 6.54 Å². The number of allylic oxidation sites excluding steroid dienone is 1. The molecule has 0 aromatic carbocycles. The minimum Gasteiger partial charge on any atom is -0.493 e. The van der Waals surface area contributed by atoms with Crippen molar-refractivity contribution in [2.75, 3.05) is 31.4 Å². The van der Waals surface area contributed by atoms with Crippen LogP contribution in [0.3, 0.4) is 0 Å². The van der Waals surface area contributed by atoms with Gasteiger partial charge in [-0.05, 0) is 18.8 Å². The van der Waals surface area contributed by atoms with Gasteiger partial charge in [0.05, 0.1) is 32.7 Å². The number of ketones is 1. The number of nitrogens with two attached hydrogens (primary N) is 1. The molecule has 0 spiro atoms. The second-order valence-electron chi connectivity index (χ2n) is 7.88. The van der Waals surface area contributed by atoms with Crippen molar-refractivity contribution < 1.29 is 14.3 Å². The molecule has 1 saturated carbocycles. The molecule has 1 aliphatic heterocycles. The summed E-state index contributed by atoms with van der Waals surface area (Å²) in [5.74, 6) is 1.87. The number of fused-ring (bicyclic) bond motifs is 1. The van der Waals surface area contributed by atoms with E-state index in [1.807, 2.05) is 11.0 Å². The normalized spacial score (nSPS) is 18.2. The molecular weight excluding hydrogens is 418 g/mol. The Balaban J connectivity index is 1.71. The van der Waals surface area contributed by atoms with Crippen LogP contribution in [0.1, 0.15) is 48.2 Å². The van der Waals surface area contributed by atoms with Crippen LogP contribution in [0.15, 0.2) is 23.9 Å². The van der Waals surface area contributed by atoms with Gasteiger partial charge in [0.25, 0.3) is 0 Å². The van der Waals surface area contributed by atoms with Gasteiger partial charge in [0.2, 0.25) is 5.95 Å². The zero-order valence-corrected chi connectivity index (χ0v) is 18.5. The predicted molar refractivity (Wildman–Crippen MR) is 119 cm³/mol. The Morgan fingerprint density at radius 1 is 1.19 bits per heavy atom. The lowest BCUT2D eigenvalue weighted by Gasteiger charge is -2.32. The van der Waals surface area contributed by atoms with Crippen molar-refractivity contribution in [1.82, 2.24) is 15.0 Å². The maximum absolute atomic E-state index is 13.3. The largest absolute Gasteiger partial charge is 0.493 e. The van der Waals surface area contributed by atoms with Crippen LogP contribution in [0.4, 0.5) is 11.8 Å². The highest BCUT2D eigenvalue weighted by Gasteiger charge is 2.33. The van der Waals surface area contributed by atoms with E-state index in [4.69, 9.17) is 26.8 Å². The maximum Gasteiger partial charge on any atom is 0.223 e. The second-order valence-corrected chi connectivity index (χ2v) is 8.24. The minimum atomic E-state index is -0.123. The number of ether oxygens (including phenoxy) is 2. The zero-order chi connectivity index (χ0) is 22.0. The molecule has 2 aliphatic rings. The number of Topliss-reactive ketones (excluding diaryl/α,β-unsaturated/α-hetero) is 1. The van der Waals surface area contributed by atoms with Gasteiger partial charge in [-0.2, -0.15) is 4.98 Å². The number of aromatic nitrogens is 3. The fourth-order valence-electron chi connectivity index (χ4n) is 4.28. The summed E-state index contributed by atoms with van der Waals surface area (Å²) < 4.78 is 10.7. The highest BCUT2D eigenvalue weighted by molar-refractivity contribution is 6.35. The van der Waals surface area contributed by atoms with Crippen LogP contribution in [-0.4, -0.2) is 41.5 Å². The Hall–Kier alpha value is -2.87. The molecule has 0 radical (unpaired) electrons. The molecule has 0 saturated heterocycles. The lowest BCUT2D eigenvalue weighted by molar-refractivity contribution is 0.102. The molecule has 0 amide bonds. The number of halogens is 1. The van der Waals surface area contributed by atoms with Crippen molar-refractivity contribution in [2.24, 2.45) is 5.92 Å². The van der Waals surface area contributed by atoms with Gasteiger partial charge in [0.15, 0.2) is 17.3 Å². The molecule has 31 heavy (non-hydrogen) atoms. The molecule has 164 valence electrons. The van der Waals surface area contributed by atoms with E-state index >= 15 is 0 Å². The van der Waals surface area contributed by atoms with Gasteiger partial charge < -0.3 is 20.1 Å². The van der Waals surface area contributed by atoms with E-state index in [0.717, 1.165) is 24.1 Å². The number of carbonyl (C=O) groups excluding carboxylic acids is 1. The van der Waals surface area contributed by atoms with Crippen LogP contribution in [0.5, 0.6) is 11.5 Å². The number of carbonyl (C=O) groups is 1. The van der Waals surface area contributed by atoms with Gasteiger partial charge >= 0.3 is 0 Å². The maximum atomic E-state index is 13.3. The molecule has 2 aromatic rings. The molecule has 8 nitrogen and oxygen atoms in total. The fraction of sp³-hybridized carbons (Fsp3) is 0.455. The van der Waals surface area contributed by atoms with Crippen LogP contribution in [0, 0.1) is 5.92 Å². The third-order valence-electron chi connectivity index (χ3n) is 5.81. The Morgan fingerprint density at radius 2 is 1.94 bits per heavy atom. The van der Waals surface area contributed by atoms with E-state index in [1.54, 1.807) is 20.4 Å². The van der Waals surface area contributed by atoms with Gasteiger partial charge in [-0.25, -0.2) is 4.98 Å². The molecule has 0 atom stereocenters. The SMILES string of the molecule is COc1cnc(CN2C/C(=C\C3CCCCC3)C(=O)c3c(Cl)nc(N)nc32)cc1OC. The first-order valence-corrected chi connectivity index (χ1v) is 10.8. The smallest absolute Gasteiger partial charge is 0.223 e. The Kier molecular flexibility index (Phi) is 6.27. The first-order chi connectivity index (χ1) is 15.0. The van der Waals surface area contributed by atoms with E-state index in [1.165, 1.54) is 19.3 Å². The van der Waals surface area contributed by atoms with Gasteiger partial charge in [-0.1, -0.05) is 36.9 Å². The number of hydrogen-bond acceptors (Lipinski definition) is 8. The summed E-state index contributed by atoms with van der Waals surface area (Å²) in [5, 5.41) is 0.0759. The number of rotatable bonds is 5. The van der Waals surface area contributed by atoms with E-state index in [0.29, 0.717) is 41.9 Å². The molecule has 4 rings (SSSR count). The summed E-state index contributed by atoms with van der Waals surface area (Å²) in [6.45, 7) is 0.806. The third kappa shape index (κ3) is 4.44. The van der Waals surface area contributed by atoms with Crippen LogP contribution >= 0.6 is 11.6 Å². The number of methoxy groups -OCH3 is 2. The summed E-state index contributed by atoms with van der Waals surface area (Å²) >= 11 is 6.35. The van der Waals surface area contributed by atoms with Crippen molar-refractivity contribution in [3.05, 3.63) is 40.3 Å². The van der Waals surface area contributed by atoms with E-state index in [9.17, 15) is 4.79 Å². The molecular formula is C22H26ClN5O3. The number of nitrogens with zero attached hydrogens (tertiary/aromatic N) is 4. The van der Waals surface area contributed by atoms with Gasteiger partial charge in [-0.3, -0.25) is 9.78 Å². The summed E-state index contributed by atoms with van der Waals surface area (Å²) in [5.41, 5.74) is 7.59. The standard InChI is InChI=1S/C22H26ClN5O3/c1-30-16-9-15(25-10-17(16)31-2)12-28-11-14(8-13-6-4-3-5-7-13)19(29)18-20(23)26-22(24)27-21(18)28/h8-10,13H,3-7,11-12H2,1-2H3,(H2,24,26,27)/b14-8+. The molecule has 3 heterocycles. The number of pyridine rings is 1. The van der Waals surface area contributed by atoms with Gasteiger partial charge in [-0.15, -0.1) is 0 Å². The third-order valence-corrected chi connectivity index (χ3v) is 6.08. The van der Waals surface area contributed by atoms with Crippen molar-refractivity contribution in [2.45, 2.75) is 38.6 Å². The van der Waals surface area contributed by atoms with Gasteiger partial charge in [0.1, 0.15) is 16.5 Å². The molecule has 1 aliphatic carbocycles. The molecule has 0 bridgehead atoms. The summed E-state index contributed by atoms with van der Waals surface area (Å²) in [6.07, 6.45) is 9.58. The van der Waals surface area contributed by atoms with Crippen molar-refractivity contribution >= 4 is 29.2 Å². The average Bonchev–Trinajstić information content (AvgIpc) is 2.77. The highest BCUT2D eigenvalue weighted by atomic mass is 35.5. The Bertz CT molecular complexity index is 1020. The number of nitrogen functional groups attached to an aromatic ring is 1. The quantitative estimate of drug-likeness (QED) is 0.549. The van der Waals surface area contributed by atoms with Crippen LogP contribution < -0.4 is 20.1 Å². The highest BCUT2D eigenvalue weighted by Crippen LogP contribution is 2.36. The van der Waals surface area contributed by atoms with Crippen molar-refractivity contribution in [3.63, 3.8) is 0 Å². The summed E-state index contributed by atoms with van der Waals surface area (Å²) in [7, 11) is 3.14. The average molecular weight is 444 g/mol. The van der Waals surface area contributed by atoms with E-state index in [2.05, 4.69) is 21.0 Å². The summed E-state index contributed by atoms with van der Waals surface area (Å²) in [6, 6.07) is 1.81. The second kappa shape index (κ2) is 9.09. The summed E-state index contributed by atoms with van der Waals surface area (Å²) in [4.78, 5) is 28.0.